The van der Waals surface area contributed by atoms with E-state index in [0.717, 1.165) is 30.8 Å². The minimum Gasteiger partial charge on any atom is -0.391 e. The summed E-state index contributed by atoms with van der Waals surface area (Å²) in [5.74, 6) is 0.776. The van der Waals surface area contributed by atoms with Crippen molar-refractivity contribution in [2.24, 2.45) is 0 Å². The number of piperidine rings is 1. The lowest BCUT2D eigenvalue weighted by Crippen LogP contribution is -2.38. The van der Waals surface area contributed by atoms with Gasteiger partial charge in [0.2, 0.25) is 5.95 Å². The molecule has 3 N–H and O–H groups in total. The Balaban J connectivity index is 1.38. The SMILES string of the molecule is OC1CCCN(c2ccc(Nc3nc(N4C[C@H](F)[C@@H](F)C4)c4cn[nH]c4n3)cc2)C1. The number of rotatable bonds is 4. The van der Waals surface area contributed by atoms with Crippen LogP contribution in [0.1, 0.15) is 12.8 Å². The van der Waals surface area contributed by atoms with Crippen LogP contribution in [0, 0.1) is 0 Å². The highest BCUT2D eigenvalue weighted by atomic mass is 19.2. The predicted octanol–water partition coefficient (Wildman–Crippen LogP) is 2.55. The molecule has 8 nitrogen and oxygen atoms in total. The summed E-state index contributed by atoms with van der Waals surface area (Å²) in [6.45, 7) is 1.47. The molecule has 30 heavy (non-hydrogen) atoms. The average molecular weight is 415 g/mol. The zero-order chi connectivity index (χ0) is 20.7. The number of aliphatic hydroxyl groups excluding tert-OH is 1. The molecule has 158 valence electrons. The first kappa shape index (κ1) is 19.0. The number of alkyl halides is 2. The standard InChI is InChI=1S/C20H23F2N7O/c21-16-10-29(11-17(16)22)19-15-8-23-27-18(15)25-20(26-19)24-12-3-5-13(6-4-12)28-7-1-2-14(30)9-28/h3-6,8,14,16-17,30H,1-2,7,9-11H2,(H2,23,24,25,26,27)/t14?,16-,17-/m0/s1. The monoisotopic (exact) mass is 415 g/mol. The Bertz CT molecular complexity index is 1020. The van der Waals surface area contributed by atoms with Crippen LogP contribution in [-0.4, -0.2) is 69.9 Å². The van der Waals surface area contributed by atoms with Crippen molar-refractivity contribution in [2.45, 2.75) is 31.3 Å². The Kier molecular flexibility index (Phi) is 4.86. The van der Waals surface area contributed by atoms with Crippen LogP contribution in [-0.2, 0) is 0 Å². The van der Waals surface area contributed by atoms with Gasteiger partial charge < -0.3 is 20.2 Å². The lowest BCUT2D eigenvalue weighted by Gasteiger charge is -2.32. The number of halogens is 2. The van der Waals surface area contributed by atoms with E-state index in [4.69, 9.17) is 0 Å². The normalized spacial score (nSPS) is 24.6. The van der Waals surface area contributed by atoms with Crippen LogP contribution in [0.3, 0.4) is 0 Å². The number of β-amino-alcohol motifs (C(OH)–C–C–N with tert-alkyl or cyclic N) is 1. The topological polar surface area (TPSA) is 93.2 Å². The van der Waals surface area contributed by atoms with Crippen molar-refractivity contribution in [1.29, 1.82) is 0 Å². The molecule has 1 unspecified atom stereocenters. The van der Waals surface area contributed by atoms with E-state index >= 15 is 0 Å². The highest BCUT2D eigenvalue weighted by Gasteiger charge is 2.34. The van der Waals surface area contributed by atoms with Gasteiger partial charge in [0.15, 0.2) is 18.0 Å². The molecule has 2 fully saturated rings. The molecular weight excluding hydrogens is 392 g/mol. The van der Waals surface area contributed by atoms with Gasteiger partial charge >= 0.3 is 0 Å². The van der Waals surface area contributed by atoms with E-state index < -0.39 is 12.3 Å². The summed E-state index contributed by atoms with van der Waals surface area (Å²) in [5, 5.41) is 20.5. The third kappa shape index (κ3) is 3.62. The van der Waals surface area contributed by atoms with Gasteiger partial charge in [0.25, 0.3) is 0 Å². The summed E-state index contributed by atoms with van der Waals surface area (Å²) in [4.78, 5) is 12.7. The molecule has 2 aliphatic heterocycles. The highest BCUT2D eigenvalue weighted by Crippen LogP contribution is 2.30. The quantitative estimate of drug-likeness (QED) is 0.603. The molecule has 0 aliphatic carbocycles. The first-order valence-electron chi connectivity index (χ1n) is 10.1. The molecule has 5 rings (SSSR count). The maximum atomic E-state index is 13.7. The third-order valence-corrected chi connectivity index (χ3v) is 5.66. The van der Waals surface area contributed by atoms with Crippen molar-refractivity contribution in [2.75, 3.05) is 41.3 Å². The number of aromatic amines is 1. The van der Waals surface area contributed by atoms with Gasteiger partial charge in [0.1, 0.15) is 5.82 Å². The molecule has 2 saturated heterocycles. The Morgan fingerprint density at radius 3 is 2.53 bits per heavy atom. The predicted molar refractivity (Wildman–Crippen MR) is 111 cm³/mol. The zero-order valence-electron chi connectivity index (χ0n) is 16.3. The Labute approximate surface area is 171 Å². The van der Waals surface area contributed by atoms with E-state index in [1.54, 1.807) is 11.1 Å². The van der Waals surface area contributed by atoms with Gasteiger partial charge in [-0.25, -0.2) is 8.78 Å². The van der Waals surface area contributed by atoms with Crippen molar-refractivity contribution in [3.8, 4) is 0 Å². The number of fused-ring (bicyclic) bond motifs is 1. The number of hydrogen-bond donors (Lipinski definition) is 3. The molecule has 4 heterocycles. The van der Waals surface area contributed by atoms with Gasteiger partial charge in [-0.2, -0.15) is 15.1 Å². The minimum absolute atomic E-state index is 0.0473. The molecule has 1 aromatic carbocycles. The third-order valence-electron chi connectivity index (χ3n) is 5.66. The van der Waals surface area contributed by atoms with Crippen molar-refractivity contribution >= 4 is 34.2 Å². The molecular formula is C20H23F2N7O. The van der Waals surface area contributed by atoms with E-state index in [0.29, 0.717) is 29.3 Å². The Morgan fingerprint density at radius 2 is 1.80 bits per heavy atom. The summed E-state index contributed by atoms with van der Waals surface area (Å²) in [6.07, 6.45) is 0.0312. The molecule has 0 amide bonds. The van der Waals surface area contributed by atoms with Crippen LogP contribution < -0.4 is 15.1 Å². The number of aliphatic hydroxyl groups is 1. The Hall–Kier alpha value is -3.01. The smallest absolute Gasteiger partial charge is 0.231 e. The van der Waals surface area contributed by atoms with Gasteiger partial charge in [-0.3, -0.25) is 5.10 Å². The number of H-pyrrole nitrogens is 1. The number of hydrogen-bond acceptors (Lipinski definition) is 7. The van der Waals surface area contributed by atoms with Crippen molar-refractivity contribution < 1.29 is 13.9 Å². The largest absolute Gasteiger partial charge is 0.391 e. The number of aromatic nitrogens is 4. The molecule has 0 bridgehead atoms. The first-order chi connectivity index (χ1) is 14.6. The highest BCUT2D eigenvalue weighted by molar-refractivity contribution is 5.88. The van der Waals surface area contributed by atoms with Crippen molar-refractivity contribution in [3.63, 3.8) is 0 Å². The molecule has 2 aromatic heterocycles. The van der Waals surface area contributed by atoms with Gasteiger partial charge in [-0.1, -0.05) is 0 Å². The fourth-order valence-electron chi connectivity index (χ4n) is 4.09. The molecule has 3 aromatic rings. The summed E-state index contributed by atoms with van der Waals surface area (Å²) in [6, 6.07) is 7.80. The van der Waals surface area contributed by atoms with E-state index in [-0.39, 0.29) is 19.2 Å². The first-order valence-corrected chi connectivity index (χ1v) is 10.1. The lowest BCUT2D eigenvalue weighted by atomic mass is 10.1. The van der Waals surface area contributed by atoms with Crippen LogP contribution in [0.5, 0.6) is 0 Å². The molecule has 2 aliphatic rings. The van der Waals surface area contributed by atoms with E-state index in [1.165, 1.54) is 0 Å². The number of benzene rings is 1. The average Bonchev–Trinajstić information content (AvgIpc) is 3.34. The molecule has 0 saturated carbocycles. The van der Waals surface area contributed by atoms with Gasteiger partial charge in [0.05, 0.1) is 30.8 Å². The zero-order valence-corrected chi connectivity index (χ0v) is 16.3. The molecule has 0 spiro atoms. The molecule has 3 atom stereocenters. The summed E-state index contributed by atoms with van der Waals surface area (Å²) >= 11 is 0. The van der Waals surface area contributed by atoms with Crippen LogP contribution in [0.2, 0.25) is 0 Å². The maximum absolute atomic E-state index is 13.7. The van der Waals surface area contributed by atoms with Gasteiger partial charge in [-0.05, 0) is 37.1 Å². The molecule has 0 radical (unpaired) electrons. The summed E-state index contributed by atoms with van der Waals surface area (Å²) < 4.78 is 27.4. The summed E-state index contributed by atoms with van der Waals surface area (Å²) in [7, 11) is 0. The van der Waals surface area contributed by atoms with Crippen molar-refractivity contribution in [3.05, 3.63) is 30.5 Å². The Morgan fingerprint density at radius 1 is 1.03 bits per heavy atom. The lowest BCUT2D eigenvalue weighted by molar-refractivity contribution is 0.154. The summed E-state index contributed by atoms with van der Waals surface area (Å²) in [5.41, 5.74) is 2.33. The second-order valence-electron chi connectivity index (χ2n) is 7.85. The minimum atomic E-state index is -1.53. The van der Waals surface area contributed by atoms with E-state index in [2.05, 4.69) is 30.4 Å². The van der Waals surface area contributed by atoms with E-state index in [1.807, 2.05) is 24.3 Å². The second-order valence-corrected chi connectivity index (χ2v) is 7.85. The van der Waals surface area contributed by atoms with Gasteiger partial charge in [-0.15, -0.1) is 0 Å². The maximum Gasteiger partial charge on any atom is 0.231 e. The van der Waals surface area contributed by atoms with Crippen molar-refractivity contribution in [1.82, 2.24) is 20.2 Å². The van der Waals surface area contributed by atoms with Crippen LogP contribution in [0.25, 0.3) is 11.0 Å². The van der Waals surface area contributed by atoms with Crippen LogP contribution >= 0.6 is 0 Å². The fraction of sp³-hybridized carbons (Fsp3) is 0.450. The number of anilines is 4. The second kappa shape index (κ2) is 7.67. The molecule has 10 heteroatoms. The number of nitrogens with zero attached hydrogens (tertiary/aromatic N) is 5. The fourth-order valence-corrected chi connectivity index (χ4v) is 4.09. The van der Waals surface area contributed by atoms with Crippen LogP contribution in [0.4, 0.5) is 31.9 Å². The number of nitrogens with one attached hydrogen (secondary N) is 2. The van der Waals surface area contributed by atoms with E-state index in [9.17, 15) is 13.9 Å². The van der Waals surface area contributed by atoms with Crippen LogP contribution in [0.15, 0.2) is 30.5 Å². The van der Waals surface area contributed by atoms with Gasteiger partial charge in [0, 0.05) is 24.5 Å².